The molecule has 0 unspecified atom stereocenters. The van der Waals surface area contributed by atoms with Gasteiger partial charge in [0.15, 0.2) is 5.15 Å². The van der Waals surface area contributed by atoms with E-state index >= 15 is 0 Å². The van der Waals surface area contributed by atoms with Gasteiger partial charge < -0.3 is 4.57 Å². The van der Waals surface area contributed by atoms with E-state index in [-0.39, 0.29) is 33.8 Å². The van der Waals surface area contributed by atoms with Gasteiger partial charge in [0.2, 0.25) is 0 Å². The molecule has 3 aromatic heterocycles. The molecule has 166 valence electrons. The second kappa shape index (κ2) is 8.09. The molecule has 3 aromatic rings. The highest BCUT2D eigenvalue weighted by Crippen LogP contribution is 2.34. The second-order valence-corrected chi connectivity index (χ2v) is 9.41. The third-order valence-electron chi connectivity index (χ3n) is 5.26. The van der Waals surface area contributed by atoms with Crippen molar-refractivity contribution in [2.45, 2.75) is 39.8 Å². The summed E-state index contributed by atoms with van der Waals surface area (Å²) >= 11 is 13.6. The normalized spacial score (nSPS) is 14.4. The predicted molar refractivity (Wildman–Crippen MR) is 119 cm³/mol. The smallest absolute Gasteiger partial charge is 0.313 e. The summed E-state index contributed by atoms with van der Waals surface area (Å²) in [6, 6.07) is -0.215. The number of carbonyl (C=O) groups excluding carboxylic acids is 1. The van der Waals surface area contributed by atoms with Crippen molar-refractivity contribution < 1.29 is 9.63 Å². The highest BCUT2D eigenvalue weighted by atomic mass is 35.5. The van der Waals surface area contributed by atoms with E-state index in [9.17, 15) is 14.4 Å². The van der Waals surface area contributed by atoms with Gasteiger partial charge in [-0.15, -0.1) is 11.3 Å². The highest BCUT2D eigenvalue weighted by Gasteiger charge is 2.31. The summed E-state index contributed by atoms with van der Waals surface area (Å²) in [4.78, 5) is 50.0. The Hall–Kier alpha value is -2.14. The van der Waals surface area contributed by atoms with Crippen LogP contribution in [-0.4, -0.2) is 42.8 Å². The molecule has 12 heteroatoms. The van der Waals surface area contributed by atoms with E-state index in [1.165, 1.54) is 28.0 Å². The zero-order valence-electron chi connectivity index (χ0n) is 17.4. The Morgan fingerprint density at radius 2 is 2.00 bits per heavy atom. The molecular weight excluding hydrogens is 465 g/mol. The Bertz CT molecular complexity index is 1310. The van der Waals surface area contributed by atoms with Crippen LogP contribution in [0.5, 0.6) is 0 Å². The first-order valence-corrected chi connectivity index (χ1v) is 11.3. The van der Waals surface area contributed by atoms with Gasteiger partial charge in [-0.1, -0.05) is 23.2 Å². The van der Waals surface area contributed by atoms with Gasteiger partial charge in [0.1, 0.15) is 15.8 Å². The molecule has 0 aliphatic carbocycles. The van der Waals surface area contributed by atoms with Crippen LogP contribution in [0.25, 0.3) is 10.2 Å². The van der Waals surface area contributed by atoms with Crippen LogP contribution in [0.2, 0.25) is 10.3 Å². The number of nitrogens with zero attached hydrogens (tertiary/aromatic N) is 5. The van der Waals surface area contributed by atoms with Crippen LogP contribution in [0.4, 0.5) is 0 Å². The van der Waals surface area contributed by atoms with Crippen molar-refractivity contribution in [2.24, 2.45) is 7.05 Å². The summed E-state index contributed by atoms with van der Waals surface area (Å²) in [6.45, 7) is 6.49. The number of imidazole rings is 1. The number of hydrogen-bond donors (Lipinski definition) is 0. The number of thiophene rings is 1. The molecule has 1 amide bonds. The molecule has 0 saturated carbocycles. The van der Waals surface area contributed by atoms with Crippen molar-refractivity contribution in [1.82, 2.24) is 23.7 Å². The molecular formula is C19H21Cl2N5O4S. The molecule has 0 N–H and O–H groups in total. The van der Waals surface area contributed by atoms with Crippen LogP contribution >= 0.6 is 34.5 Å². The Kier molecular flexibility index (Phi) is 5.76. The number of fused-ring (bicyclic) bond motifs is 1. The van der Waals surface area contributed by atoms with Gasteiger partial charge in [-0.2, -0.15) is 0 Å². The van der Waals surface area contributed by atoms with Gasteiger partial charge in [0.25, 0.3) is 11.5 Å². The van der Waals surface area contributed by atoms with Crippen molar-refractivity contribution >= 4 is 50.7 Å². The summed E-state index contributed by atoms with van der Waals surface area (Å²) in [6.07, 6.45) is 0.708. The maximum atomic E-state index is 13.4. The minimum Gasteiger partial charge on any atom is -0.313 e. The Labute approximate surface area is 191 Å². The molecule has 31 heavy (non-hydrogen) atoms. The summed E-state index contributed by atoms with van der Waals surface area (Å²) in [5, 5.41) is 1.87. The molecule has 0 bridgehead atoms. The number of aryl methyl sites for hydroxylation is 1. The largest absolute Gasteiger partial charge is 0.332 e. The van der Waals surface area contributed by atoms with Crippen LogP contribution in [0.15, 0.2) is 9.59 Å². The van der Waals surface area contributed by atoms with Crippen molar-refractivity contribution in [2.75, 3.05) is 13.2 Å². The number of amides is 1. The van der Waals surface area contributed by atoms with E-state index in [2.05, 4.69) is 4.98 Å². The lowest BCUT2D eigenvalue weighted by atomic mass is 10.1. The second-order valence-electron chi connectivity index (χ2n) is 7.61. The van der Waals surface area contributed by atoms with Gasteiger partial charge in [-0.05, 0) is 27.2 Å². The summed E-state index contributed by atoms with van der Waals surface area (Å²) < 4.78 is 4.23. The molecule has 4 heterocycles. The lowest BCUT2D eigenvalue weighted by Crippen LogP contribution is -2.39. The van der Waals surface area contributed by atoms with E-state index in [0.29, 0.717) is 35.1 Å². The minimum atomic E-state index is -0.520. The topological polar surface area (TPSA) is 91.4 Å². The number of hydrogen-bond acceptors (Lipinski definition) is 6. The zero-order chi connectivity index (χ0) is 22.6. The number of aromatic nitrogens is 4. The summed E-state index contributed by atoms with van der Waals surface area (Å²) in [5.41, 5.74) is -0.734. The first-order valence-electron chi connectivity index (χ1n) is 9.73. The molecule has 9 nitrogen and oxygen atoms in total. The molecule has 0 radical (unpaired) electrons. The van der Waals surface area contributed by atoms with Crippen LogP contribution in [-0.2, 0) is 18.4 Å². The average Bonchev–Trinajstić information content (AvgIpc) is 3.42. The van der Waals surface area contributed by atoms with Crippen molar-refractivity contribution in [3.8, 4) is 0 Å². The Morgan fingerprint density at radius 1 is 1.29 bits per heavy atom. The Balaban J connectivity index is 2.04. The third-order valence-corrected chi connectivity index (χ3v) is 7.18. The first kappa shape index (κ1) is 22.1. The molecule has 4 rings (SSSR count). The van der Waals surface area contributed by atoms with Gasteiger partial charge in [0, 0.05) is 18.0 Å². The van der Waals surface area contributed by atoms with Crippen LogP contribution in [0, 0.1) is 6.92 Å². The van der Waals surface area contributed by atoms with E-state index in [0.717, 1.165) is 4.57 Å². The standard InChI is InChI=1S/C19H21Cl2N5O4S/c1-9(2)26-18-13(16(27)23(4)19(26)29)12(17(28)25-6-5-7-30-25)11(31-18)8-24-10(3)22-14(20)15(24)21/h9H,5-8H2,1-4H3. The lowest BCUT2D eigenvalue weighted by Gasteiger charge is -2.16. The average molecular weight is 486 g/mol. The monoisotopic (exact) mass is 485 g/mol. The quantitative estimate of drug-likeness (QED) is 0.566. The number of rotatable bonds is 4. The third kappa shape index (κ3) is 3.51. The van der Waals surface area contributed by atoms with Gasteiger partial charge >= 0.3 is 5.69 Å². The molecule has 0 spiro atoms. The maximum Gasteiger partial charge on any atom is 0.332 e. The van der Waals surface area contributed by atoms with E-state index in [1.54, 1.807) is 11.5 Å². The van der Waals surface area contributed by atoms with Gasteiger partial charge in [0.05, 0.1) is 30.6 Å². The number of hydroxylamine groups is 2. The van der Waals surface area contributed by atoms with Crippen molar-refractivity contribution in [3.63, 3.8) is 0 Å². The van der Waals surface area contributed by atoms with Gasteiger partial charge in [-0.3, -0.25) is 23.6 Å². The summed E-state index contributed by atoms with van der Waals surface area (Å²) in [5.74, 6) is 0.155. The fourth-order valence-corrected chi connectivity index (χ4v) is 5.54. The fourth-order valence-electron chi connectivity index (χ4n) is 3.69. The molecule has 1 saturated heterocycles. The summed E-state index contributed by atoms with van der Waals surface area (Å²) in [7, 11) is 1.41. The van der Waals surface area contributed by atoms with Crippen LogP contribution in [0.3, 0.4) is 0 Å². The highest BCUT2D eigenvalue weighted by molar-refractivity contribution is 7.19. The SMILES string of the molecule is Cc1nc(Cl)c(Cl)n1Cc1sc2c(c1C(=O)N1CCCO1)c(=O)n(C)c(=O)n2C(C)C. The molecule has 0 aromatic carbocycles. The predicted octanol–water partition coefficient (Wildman–Crippen LogP) is 2.98. The molecule has 1 fully saturated rings. The maximum absolute atomic E-state index is 13.4. The van der Waals surface area contributed by atoms with E-state index in [4.69, 9.17) is 28.0 Å². The molecule has 1 aliphatic rings. The molecule has 0 atom stereocenters. The first-order chi connectivity index (χ1) is 14.6. The zero-order valence-corrected chi connectivity index (χ0v) is 19.8. The van der Waals surface area contributed by atoms with Crippen molar-refractivity contribution in [3.05, 3.63) is 47.4 Å². The minimum absolute atomic E-state index is 0.158. The number of carbonyl (C=O) groups is 1. The fraction of sp³-hybridized carbons (Fsp3) is 0.474. The Morgan fingerprint density at radius 3 is 2.55 bits per heavy atom. The molecule has 1 aliphatic heterocycles. The van der Waals surface area contributed by atoms with Crippen molar-refractivity contribution in [1.29, 1.82) is 0 Å². The van der Waals surface area contributed by atoms with Crippen LogP contribution in [0.1, 0.15) is 47.4 Å². The van der Waals surface area contributed by atoms with E-state index < -0.39 is 17.2 Å². The van der Waals surface area contributed by atoms with Gasteiger partial charge in [-0.25, -0.2) is 14.8 Å². The van der Waals surface area contributed by atoms with E-state index in [1.807, 2.05) is 13.8 Å². The number of halogens is 2. The van der Waals surface area contributed by atoms with Crippen LogP contribution < -0.4 is 11.2 Å². The lowest BCUT2D eigenvalue weighted by molar-refractivity contribution is -0.0767.